The lowest BCUT2D eigenvalue weighted by atomic mass is 10.1. The van der Waals surface area contributed by atoms with Crippen LogP contribution in [0.1, 0.15) is 25.3 Å². The Kier molecular flexibility index (Phi) is 6.82. The zero-order valence-electron chi connectivity index (χ0n) is 9.97. The molecule has 0 aliphatic heterocycles. The second-order valence-corrected chi connectivity index (χ2v) is 3.72. The lowest BCUT2D eigenvalue weighted by Gasteiger charge is -1.97. The molecule has 0 amide bonds. The molecule has 0 saturated carbocycles. The molecule has 0 bridgehead atoms. The Balaban J connectivity index is 2.12. The molecule has 1 aromatic carbocycles. The van der Waals surface area contributed by atoms with Crippen LogP contribution >= 0.6 is 0 Å². The summed E-state index contributed by atoms with van der Waals surface area (Å²) in [6, 6.07) is 10.6. The van der Waals surface area contributed by atoms with Crippen LogP contribution in [0.4, 0.5) is 0 Å². The average molecular weight is 212 g/mol. The third kappa shape index (κ3) is 6.02. The molecule has 0 spiro atoms. The minimum Gasteiger partial charge on any atom is -0.0877 e. The van der Waals surface area contributed by atoms with Crippen LogP contribution < -0.4 is 0 Å². The van der Waals surface area contributed by atoms with E-state index in [1.165, 1.54) is 18.4 Å². The second-order valence-electron chi connectivity index (χ2n) is 3.72. The normalized spacial score (nSPS) is 12.1. The van der Waals surface area contributed by atoms with Crippen LogP contribution in [0.3, 0.4) is 0 Å². The van der Waals surface area contributed by atoms with Crippen molar-refractivity contribution in [1.82, 2.24) is 0 Å². The smallest absolute Gasteiger partial charge is 0.0276 e. The predicted octanol–water partition coefficient (Wildman–Crippen LogP) is 4.70. The van der Waals surface area contributed by atoms with Gasteiger partial charge in [-0.1, -0.05) is 66.8 Å². The molecule has 0 heterocycles. The molecule has 0 radical (unpaired) electrons. The van der Waals surface area contributed by atoms with E-state index in [0.717, 1.165) is 6.42 Å². The lowest BCUT2D eigenvalue weighted by Crippen LogP contribution is -1.82. The molecule has 0 saturated heterocycles. The standard InChI is InChI=1S/C16H20/c1-2-3-4-5-6-7-8-10-13-16-14-11-9-12-15-16/h2-7,9,11-12,14-15H,8,10,13H2,1H3/b3-2+,5-4+,7-6+. The van der Waals surface area contributed by atoms with Crippen LogP contribution in [0.5, 0.6) is 0 Å². The van der Waals surface area contributed by atoms with Crippen molar-refractivity contribution in [2.45, 2.75) is 26.2 Å². The number of benzene rings is 1. The molecule has 0 fully saturated rings. The molecule has 0 aromatic heterocycles. The summed E-state index contributed by atoms with van der Waals surface area (Å²) in [5.74, 6) is 0. The van der Waals surface area contributed by atoms with Gasteiger partial charge in [0.05, 0.1) is 0 Å². The number of rotatable bonds is 6. The second kappa shape index (κ2) is 8.72. The highest BCUT2D eigenvalue weighted by Crippen LogP contribution is 2.04. The van der Waals surface area contributed by atoms with Gasteiger partial charge < -0.3 is 0 Å². The van der Waals surface area contributed by atoms with E-state index in [9.17, 15) is 0 Å². The molecule has 84 valence electrons. The SMILES string of the molecule is C/C=C/C=C/C=C/CCCc1ccccc1. The van der Waals surface area contributed by atoms with E-state index in [0.29, 0.717) is 0 Å². The van der Waals surface area contributed by atoms with Crippen molar-refractivity contribution in [2.75, 3.05) is 0 Å². The summed E-state index contributed by atoms with van der Waals surface area (Å²) in [6.45, 7) is 2.02. The van der Waals surface area contributed by atoms with E-state index in [-0.39, 0.29) is 0 Å². The molecular weight excluding hydrogens is 192 g/mol. The van der Waals surface area contributed by atoms with E-state index in [2.05, 4.69) is 48.6 Å². The molecule has 0 aliphatic rings. The number of hydrogen-bond donors (Lipinski definition) is 0. The lowest BCUT2D eigenvalue weighted by molar-refractivity contribution is 0.843. The summed E-state index contributed by atoms with van der Waals surface area (Å²) in [4.78, 5) is 0. The van der Waals surface area contributed by atoms with Gasteiger partial charge in [-0.05, 0) is 31.7 Å². The van der Waals surface area contributed by atoms with Gasteiger partial charge in [0, 0.05) is 0 Å². The summed E-state index contributed by atoms with van der Waals surface area (Å²) in [5.41, 5.74) is 1.43. The Hall–Kier alpha value is -1.56. The quantitative estimate of drug-likeness (QED) is 0.473. The zero-order chi connectivity index (χ0) is 11.5. The molecule has 0 aliphatic carbocycles. The molecule has 0 unspecified atom stereocenters. The summed E-state index contributed by atoms with van der Waals surface area (Å²) >= 11 is 0. The molecule has 0 atom stereocenters. The van der Waals surface area contributed by atoms with Gasteiger partial charge in [-0.3, -0.25) is 0 Å². The van der Waals surface area contributed by atoms with Gasteiger partial charge in [0.25, 0.3) is 0 Å². The number of unbranched alkanes of at least 4 members (excludes halogenated alkanes) is 1. The first-order valence-corrected chi connectivity index (χ1v) is 5.92. The Labute approximate surface area is 99.0 Å². The Morgan fingerprint density at radius 1 is 0.938 bits per heavy atom. The Bertz CT molecular complexity index is 342. The van der Waals surface area contributed by atoms with E-state index in [1.54, 1.807) is 0 Å². The molecular formula is C16H20. The highest BCUT2D eigenvalue weighted by Gasteiger charge is 1.88. The maximum absolute atomic E-state index is 2.23. The average Bonchev–Trinajstić information content (AvgIpc) is 2.34. The summed E-state index contributed by atoms with van der Waals surface area (Å²) in [7, 11) is 0. The van der Waals surface area contributed by atoms with Gasteiger partial charge in [-0.25, -0.2) is 0 Å². The van der Waals surface area contributed by atoms with Crippen molar-refractivity contribution >= 4 is 0 Å². The predicted molar refractivity (Wildman–Crippen MR) is 72.5 cm³/mol. The van der Waals surface area contributed by atoms with E-state index < -0.39 is 0 Å². The van der Waals surface area contributed by atoms with E-state index in [1.807, 2.05) is 25.2 Å². The van der Waals surface area contributed by atoms with Crippen molar-refractivity contribution in [2.24, 2.45) is 0 Å². The number of allylic oxidation sites excluding steroid dienone is 6. The topological polar surface area (TPSA) is 0 Å². The molecule has 1 aromatic rings. The number of hydrogen-bond acceptors (Lipinski definition) is 0. The molecule has 0 nitrogen and oxygen atoms in total. The summed E-state index contributed by atoms with van der Waals surface area (Å²) < 4.78 is 0. The molecule has 0 N–H and O–H groups in total. The molecule has 0 heteroatoms. The third-order valence-electron chi connectivity index (χ3n) is 2.34. The van der Waals surface area contributed by atoms with Crippen molar-refractivity contribution in [3.05, 3.63) is 72.4 Å². The van der Waals surface area contributed by atoms with E-state index >= 15 is 0 Å². The van der Waals surface area contributed by atoms with Crippen molar-refractivity contribution in [3.8, 4) is 0 Å². The molecule has 1 rings (SSSR count). The zero-order valence-corrected chi connectivity index (χ0v) is 9.97. The third-order valence-corrected chi connectivity index (χ3v) is 2.34. The van der Waals surface area contributed by atoms with Gasteiger partial charge in [-0.15, -0.1) is 0 Å². The first kappa shape index (κ1) is 12.5. The first-order chi connectivity index (χ1) is 7.93. The van der Waals surface area contributed by atoms with Crippen molar-refractivity contribution in [3.63, 3.8) is 0 Å². The largest absolute Gasteiger partial charge is 0.0877 e. The van der Waals surface area contributed by atoms with Crippen LogP contribution in [0.15, 0.2) is 66.8 Å². The Morgan fingerprint density at radius 2 is 1.69 bits per heavy atom. The minimum atomic E-state index is 1.15. The van der Waals surface area contributed by atoms with Gasteiger partial charge in [-0.2, -0.15) is 0 Å². The fraction of sp³-hybridized carbons (Fsp3) is 0.250. The summed E-state index contributed by atoms with van der Waals surface area (Å²) in [6.07, 6.45) is 16.1. The molecule has 16 heavy (non-hydrogen) atoms. The monoisotopic (exact) mass is 212 g/mol. The first-order valence-electron chi connectivity index (χ1n) is 5.92. The van der Waals surface area contributed by atoms with Crippen LogP contribution in [-0.2, 0) is 6.42 Å². The van der Waals surface area contributed by atoms with Crippen molar-refractivity contribution < 1.29 is 0 Å². The van der Waals surface area contributed by atoms with Gasteiger partial charge in [0.2, 0.25) is 0 Å². The van der Waals surface area contributed by atoms with Gasteiger partial charge in [0.15, 0.2) is 0 Å². The van der Waals surface area contributed by atoms with Crippen LogP contribution in [0.25, 0.3) is 0 Å². The highest BCUT2D eigenvalue weighted by molar-refractivity contribution is 5.15. The van der Waals surface area contributed by atoms with Gasteiger partial charge in [0.1, 0.15) is 0 Å². The van der Waals surface area contributed by atoms with Crippen LogP contribution in [0, 0.1) is 0 Å². The maximum Gasteiger partial charge on any atom is -0.0276 e. The summed E-state index contributed by atoms with van der Waals surface area (Å²) in [5, 5.41) is 0. The Morgan fingerprint density at radius 3 is 2.44 bits per heavy atom. The van der Waals surface area contributed by atoms with Crippen molar-refractivity contribution in [1.29, 1.82) is 0 Å². The highest BCUT2D eigenvalue weighted by atomic mass is 13.9. The minimum absolute atomic E-state index is 1.15. The van der Waals surface area contributed by atoms with E-state index in [4.69, 9.17) is 0 Å². The fourth-order valence-electron chi connectivity index (χ4n) is 1.48. The number of aryl methyl sites for hydroxylation is 1. The fourth-order valence-corrected chi connectivity index (χ4v) is 1.48. The van der Waals surface area contributed by atoms with Gasteiger partial charge >= 0.3 is 0 Å². The maximum atomic E-state index is 2.23. The van der Waals surface area contributed by atoms with Crippen LogP contribution in [-0.4, -0.2) is 0 Å². The van der Waals surface area contributed by atoms with Crippen LogP contribution in [0.2, 0.25) is 0 Å².